The second-order valence-electron chi connectivity index (χ2n) is 5.54. The first kappa shape index (κ1) is 17.8. The highest BCUT2D eigenvalue weighted by atomic mass is 35.5. The van der Waals surface area contributed by atoms with Crippen LogP contribution in [-0.4, -0.2) is 36.1 Å². The normalized spacial score (nSPS) is 10.6. The van der Waals surface area contributed by atoms with E-state index in [0.29, 0.717) is 17.5 Å². The highest BCUT2D eigenvalue weighted by Crippen LogP contribution is 2.23. The summed E-state index contributed by atoms with van der Waals surface area (Å²) in [6, 6.07) is 10.6. The van der Waals surface area contributed by atoms with Crippen LogP contribution in [0.25, 0.3) is 10.9 Å². The molecule has 1 aromatic carbocycles. The Morgan fingerprint density at radius 1 is 1.04 bits per heavy atom. The van der Waals surface area contributed by atoms with Crippen LogP contribution in [0, 0.1) is 0 Å². The number of pyridine rings is 2. The Labute approximate surface area is 154 Å². The third-order valence-corrected chi connectivity index (χ3v) is 4.12. The Hall–Kier alpha value is -2.99. The average Bonchev–Trinajstić information content (AvgIpc) is 2.66. The standard InChI is InChI=1S/C19H15ClN2O4/c1-25-18(23)12-5-6-21-14(9-12)8-11-3-4-16-13(7-11)10-15(20)17(22-16)19(24)26-2/h3-7,9-10H,8H2,1-2H3. The lowest BCUT2D eigenvalue weighted by Gasteiger charge is -2.07. The van der Waals surface area contributed by atoms with Crippen molar-refractivity contribution in [1.82, 2.24) is 9.97 Å². The summed E-state index contributed by atoms with van der Waals surface area (Å²) in [7, 11) is 2.62. The van der Waals surface area contributed by atoms with Crippen LogP contribution in [0.3, 0.4) is 0 Å². The smallest absolute Gasteiger partial charge is 0.358 e. The van der Waals surface area contributed by atoms with Gasteiger partial charge in [0.25, 0.3) is 0 Å². The zero-order valence-corrected chi connectivity index (χ0v) is 14.9. The lowest BCUT2D eigenvalue weighted by molar-refractivity contribution is 0.0588. The van der Waals surface area contributed by atoms with E-state index in [9.17, 15) is 9.59 Å². The number of carbonyl (C=O) groups excluding carboxylic acids is 2. The van der Waals surface area contributed by atoms with Crippen molar-refractivity contribution < 1.29 is 19.1 Å². The summed E-state index contributed by atoms with van der Waals surface area (Å²) < 4.78 is 9.40. The predicted octanol–water partition coefficient (Wildman–Crippen LogP) is 3.45. The first-order valence-corrected chi connectivity index (χ1v) is 8.10. The van der Waals surface area contributed by atoms with Gasteiger partial charge in [-0.05, 0) is 35.9 Å². The molecule has 132 valence electrons. The highest BCUT2D eigenvalue weighted by molar-refractivity contribution is 6.34. The number of nitrogens with zero attached hydrogens (tertiary/aromatic N) is 2. The van der Waals surface area contributed by atoms with Gasteiger partial charge < -0.3 is 9.47 Å². The van der Waals surface area contributed by atoms with Crippen LogP contribution in [-0.2, 0) is 15.9 Å². The molecular formula is C19H15ClN2O4. The Bertz CT molecular complexity index is 1000. The average molecular weight is 371 g/mol. The summed E-state index contributed by atoms with van der Waals surface area (Å²) >= 11 is 6.13. The number of hydrogen-bond acceptors (Lipinski definition) is 6. The van der Waals surface area contributed by atoms with Crippen LogP contribution in [0.5, 0.6) is 0 Å². The van der Waals surface area contributed by atoms with Crippen molar-refractivity contribution in [1.29, 1.82) is 0 Å². The summed E-state index contributed by atoms with van der Waals surface area (Å²) in [6.45, 7) is 0. The third kappa shape index (κ3) is 3.65. The fourth-order valence-corrected chi connectivity index (χ4v) is 2.82. The summed E-state index contributed by atoms with van der Waals surface area (Å²) in [5.74, 6) is -0.983. The summed E-state index contributed by atoms with van der Waals surface area (Å²) in [6.07, 6.45) is 2.10. The van der Waals surface area contributed by atoms with E-state index in [1.807, 2.05) is 12.1 Å². The van der Waals surface area contributed by atoms with E-state index in [1.54, 1.807) is 30.5 Å². The third-order valence-electron chi connectivity index (χ3n) is 3.83. The Kier molecular flexibility index (Phi) is 5.14. The van der Waals surface area contributed by atoms with E-state index in [0.717, 1.165) is 16.6 Å². The van der Waals surface area contributed by atoms with Crippen LogP contribution in [0.4, 0.5) is 0 Å². The van der Waals surface area contributed by atoms with Gasteiger partial charge in [0.1, 0.15) is 0 Å². The van der Waals surface area contributed by atoms with Crippen molar-refractivity contribution in [2.75, 3.05) is 14.2 Å². The number of carbonyl (C=O) groups is 2. The first-order chi connectivity index (χ1) is 12.5. The minimum atomic E-state index is -0.579. The van der Waals surface area contributed by atoms with E-state index >= 15 is 0 Å². The molecule has 2 aromatic heterocycles. The van der Waals surface area contributed by atoms with Gasteiger partial charge in [-0.15, -0.1) is 0 Å². The van der Waals surface area contributed by atoms with Crippen molar-refractivity contribution in [3.8, 4) is 0 Å². The molecule has 2 heterocycles. The molecule has 3 aromatic rings. The molecule has 0 spiro atoms. The van der Waals surface area contributed by atoms with Crippen molar-refractivity contribution in [2.24, 2.45) is 0 Å². The molecule has 0 amide bonds. The molecule has 0 aliphatic rings. The van der Waals surface area contributed by atoms with Crippen LogP contribution in [0.15, 0.2) is 42.6 Å². The summed E-state index contributed by atoms with van der Waals surface area (Å²) in [5, 5.41) is 1.02. The van der Waals surface area contributed by atoms with Crippen LogP contribution in [0.1, 0.15) is 32.1 Å². The van der Waals surface area contributed by atoms with E-state index in [2.05, 4.69) is 14.7 Å². The maximum Gasteiger partial charge on any atom is 0.358 e. The van der Waals surface area contributed by atoms with E-state index in [1.165, 1.54) is 14.2 Å². The molecule has 26 heavy (non-hydrogen) atoms. The largest absolute Gasteiger partial charge is 0.465 e. The van der Waals surface area contributed by atoms with Crippen molar-refractivity contribution in [3.05, 3.63) is 70.1 Å². The molecule has 6 nitrogen and oxygen atoms in total. The molecule has 0 N–H and O–H groups in total. The Morgan fingerprint density at radius 2 is 1.81 bits per heavy atom. The number of esters is 2. The summed E-state index contributed by atoms with van der Waals surface area (Å²) in [5.41, 5.74) is 2.87. The number of aromatic nitrogens is 2. The lowest BCUT2D eigenvalue weighted by Crippen LogP contribution is -2.05. The monoisotopic (exact) mass is 370 g/mol. The number of fused-ring (bicyclic) bond motifs is 1. The van der Waals surface area contributed by atoms with Crippen LogP contribution in [0.2, 0.25) is 5.02 Å². The molecule has 3 rings (SSSR count). The molecule has 0 fully saturated rings. The zero-order chi connectivity index (χ0) is 18.7. The van der Waals surface area contributed by atoms with Gasteiger partial charge in [-0.2, -0.15) is 0 Å². The maximum atomic E-state index is 11.7. The quantitative estimate of drug-likeness (QED) is 0.654. The molecule has 0 aliphatic heterocycles. The van der Waals surface area contributed by atoms with Gasteiger partial charge in [-0.3, -0.25) is 4.98 Å². The molecule has 0 bridgehead atoms. The Balaban J connectivity index is 1.92. The van der Waals surface area contributed by atoms with Crippen molar-refractivity contribution in [2.45, 2.75) is 6.42 Å². The summed E-state index contributed by atoms with van der Waals surface area (Å²) in [4.78, 5) is 31.9. The highest BCUT2D eigenvalue weighted by Gasteiger charge is 2.14. The van der Waals surface area contributed by atoms with Gasteiger partial charge in [0.15, 0.2) is 5.69 Å². The van der Waals surface area contributed by atoms with Gasteiger partial charge in [0.05, 0.1) is 30.3 Å². The number of halogens is 1. The van der Waals surface area contributed by atoms with Crippen LogP contribution < -0.4 is 0 Å². The first-order valence-electron chi connectivity index (χ1n) is 7.72. The van der Waals surface area contributed by atoms with E-state index < -0.39 is 11.9 Å². The van der Waals surface area contributed by atoms with E-state index in [4.69, 9.17) is 16.3 Å². The second kappa shape index (κ2) is 7.49. The predicted molar refractivity (Wildman–Crippen MR) is 96.5 cm³/mol. The fourth-order valence-electron chi connectivity index (χ4n) is 2.58. The number of rotatable bonds is 4. The molecule has 0 radical (unpaired) electrons. The van der Waals surface area contributed by atoms with Gasteiger partial charge in [-0.25, -0.2) is 14.6 Å². The number of hydrogen-bond donors (Lipinski definition) is 0. The molecule has 0 unspecified atom stereocenters. The fraction of sp³-hybridized carbons (Fsp3) is 0.158. The second-order valence-corrected chi connectivity index (χ2v) is 5.95. The maximum absolute atomic E-state index is 11.7. The number of benzene rings is 1. The van der Waals surface area contributed by atoms with Crippen molar-refractivity contribution in [3.63, 3.8) is 0 Å². The zero-order valence-electron chi connectivity index (χ0n) is 14.2. The molecule has 0 saturated heterocycles. The molecule has 0 aliphatic carbocycles. The SMILES string of the molecule is COC(=O)c1ccnc(Cc2ccc3nc(C(=O)OC)c(Cl)cc3c2)c1. The number of ether oxygens (including phenoxy) is 2. The minimum absolute atomic E-state index is 0.0851. The molecular weight excluding hydrogens is 356 g/mol. The van der Waals surface area contributed by atoms with Gasteiger partial charge in [0, 0.05) is 23.7 Å². The molecule has 7 heteroatoms. The van der Waals surface area contributed by atoms with Gasteiger partial charge >= 0.3 is 11.9 Å². The topological polar surface area (TPSA) is 78.4 Å². The molecule has 0 atom stereocenters. The van der Waals surface area contributed by atoms with E-state index in [-0.39, 0.29) is 10.7 Å². The van der Waals surface area contributed by atoms with Crippen molar-refractivity contribution >= 4 is 34.4 Å². The minimum Gasteiger partial charge on any atom is -0.465 e. The lowest BCUT2D eigenvalue weighted by atomic mass is 10.0. The Morgan fingerprint density at radius 3 is 2.54 bits per heavy atom. The van der Waals surface area contributed by atoms with Gasteiger partial charge in [0.2, 0.25) is 0 Å². The molecule has 0 saturated carbocycles. The van der Waals surface area contributed by atoms with Gasteiger partial charge in [-0.1, -0.05) is 17.7 Å². The van der Waals surface area contributed by atoms with Crippen LogP contribution >= 0.6 is 11.6 Å². The number of methoxy groups -OCH3 is 2.